The predicted molar refractivity (Wildman–Crippen MR) is 59.9 cm³/mol. The smallest absolute Gasteiger partial charge is 0.0545 e. The first-order valence-electron chi connectivity index (χ1n) is 6.51. The van der Waals surface area contributed by atoms with E-state index in [-0.39, 0.29) is 0 Å². The Morgan fingerprint density at radius 2 is 1.73 bits per heavy atom. The standard InChI is InChI=1S/C14H18N/c1-2-9(1)12-7-13(10-3-4-10)15-14(8-12)11-5-6-11/h7,9-11,14-15H,1-6H2. The zero-order valence-electron chi connectivity index (χ0n) is 9.13. The number of hydrogen-bond donors (Lipinski definition) is 1. The van der Waals surface area contributed by atoms with Crippen LogP contribution in [0.4, 0.5) is 0 Å². The molecule has 0 bridgehead atoms. The minimum Gasteiger partial charge on any atom is -0.381 e. The number of hydrogen-bond acceptors (Lipinski definition) is 1. The van der Waals surface area contributed by atoms with Crippen LogP contribution >= 0.6 is 0 Å². The van der Waals surface area contributed by atoms with Crippen LogP contribution in [-0.2, 0) is 0 Å². The van der Waals surface area contributed by atoms with Crippen molar-refractivity contribution < 1.29 is 0 Å². The minimum absolute atomic E-state index is 0.571. The van der Waals surface area contributed by atoms with Crippen LogP contribution in [0.15, 0.2) is 17.3 Å². The fourth-order valence-corrected chi connectivity index (χ4v) is 2.57. The van der Waals surface area contributed by atoms with Crippen molar-refractivity contribution in [1.82, 2.24) is 5.32 Å². The zero-order chi connectivity index (χ0) is 9.83. The summed E-state index contributed by atoms with van der Waals surface area (Å²) in [6.07, 6.45) is 14.6. The van der Waals surface area contributed by atoms with Crippen molar-refractivity contribution in [1.29, 1.82) is 0 Å². The Labute approximate surface area is 91.6 Å². The number of dihydropyridines is 1. The highest BCUT2D eigenvalue weighted by molar-refractivity contribution is 5.34. The molecule has 3 saturated carbocycles. The molecule has 0 saturated heterocycles. The molecule has 1 atom stereocenters. The lowest BCUT2D eigenvalue weighted by atomic mass is 9.98. The number of rotatable bonds is 3. The minimum atomic E-state index is 0.571. The van der Waals surface area contributed by atoms with Crippen LogP contribution < -0.4 is 5.32 Å². The van der Waals surface area contributed by atoms with Crippen molar-refractivity contribution in [3.63, 3.8) is 0 Å². The first-order valence-corrected chi connectivity index (χ1v) is 6.51. The van der Waals surface area contributed by atoms with Crippen molar-refractivity contribution in [2.75, 3.05) is 0 Å². The summed E-state index contributed by atoms with van der Waals surface area (Å²) >= 11 is 0. The average molecular weight is 200 g/mol. The van der Waals surface area contributed by atoms with E-state index in [2.05, 4.69) is 17.5 Å². The molecule has 0 aromatic rings. The summed E-state index contributed by atoms with van der Waals surface area (Å²) in [5, 5.41) is 3.72. The van der Waals surface area contributed by atoms with Crippen LogP contribution in [0.25, 0.3) is 0 Å². The molecule has 1 nitrogen and oxygen atoms in total. The van der Waals surface area contributed by atoms with Gasteiger partial charge in [0.1, 0.15) is 0 Å². The van der Waals surface area contributed by atoms with Crippen molar-refractivity contribution in [2.24, 2.45) is 17.8 Å². The lowest BCUT2D eigenvalue weighted by Gasteiger charge is -2.24. The lowest BCUT2D eigenvalue weighted by Crippen LogP contribution is -2.33. The molecule has 0 aromatic carbocycles. The van der Waals surface area contributed by atoms with Gasteiger partial charge in [-0.05, 0) is 74.0 Å². The topological polar surface area (TPSA) is 12.0 Å². The van der Waals surface area contributed by atoms with Gasteiger partial charge in [0.25, 0.3) is 0 Å². The Kier molecular flexibility index (Phi) is 1.63. The maximum absolute atomic E-state index is 3.72. The second-order valence-corrected chi connectivity index (χ2v) is 5.71. The largest absolute Gasteiger partial charge is 0.381 e. The molecular weight excluding hydrogens is 182 g/mol. The maximum atomic E-state index is 3.72. The first-order chi connectivity index (χ1) is 7.40. The molecule has 1 radical (unpaired) electrons. The quantitative estimate of drug-likeness (QED) is 0.738. The molecule has 1 N–H and O–H groups in total. The molecule has 1 heterocycles. The normalized spacial score (nSPS) is 35.6. The zero-order valence-corrected chi connectivity index (χ0v) is 9.13. The number of allylic oxidation sites excluding steroid dienone is 3. The van der Waals surface area contributed by atoms with Crippen molar-refractivity contribution in [3.05, 3.63) is 23.4 Å². The second kappa shape index (κ2) is 2.90. The molecule has 0 amide bonds. The van der Waals surface area contributed by atoms with E-state index in [0.717, 1.165) is 17.8 Å². The van der Waals surface area contributed by atoms with E-state index in [0.29, 0.717) is 6.04 Å². The van der Waals surface area contributed by atoms with Gasteiger partial charge in [-0.3, -0.25) is 0 Å². The highest BCUT2D eigenvalue weighted by Gasteiger charge is 2.38. The highest BCUT2D eigenvalue weighted by Crippen LogP contribution is 2.45. The maximum Gasteiger partial charge on any atom is 0.0545 e. The molecule has 1 heteroatoms. The van der Waals surface area contributed by atoms with E-state index in [1.807, 2.05) is 0 Å². The van der Waals surface area contributed by atoms with Crippen LogP contribution in [0.1, 0.15) is 38.5 Å². The molecular formula is C14H18N. The fraction of sp³-hybridized carbons (Fsp3) is 0.714. The molecule has 15 heavy (non-hydrogen) atoms. The van der Waals surface area contributed by atoms with Gasteiger partial charge in [-0.25, -0.2) is 0 Å². The highest BCUT2D eigenvalue weighted by atomic mass is 15.0. The van der Waals surface area contributed by atoms with Gasteiger partial charge in [0.2, 0.25) is 0 Å². The van der Waals surface area contributed by atoms with E-state index < -0.39 is 0 Å². The summed E-state index contributed by atoms with van der Waals surface area (Å²) in [6.45, 7) is 0. The van der Waals surface area contributed by atoms with Gasteiger partial charge in [0, 0.05) is 5.70 Å². The summed E-state index contributed by atoms with van der Waals surface area (Å²) in [4.78, 5) is 0. The lowest BCUT2D eigenvalue weighted by molar-refractivity contribution is 0.550. The Balaban J connectivity index is 1.61. The summed E-state index contributed by atoms with van der Waals surface area (Å²) in [5.41, 5.74) is 3.10. The van der Waals surface area contributed by atoms with Gasteiger partial charge in [0.05, 0.1) is 6.04 Å². The van der Waals surface area contributed by atoms with Crippen molar-refractivity contribution >= 4 is 0 Å². The van der Waals surface area contributed by atoms with Gasteiger partial charge in [-0.2, -0.15) is 0 Å². The Hall–Kier alpha value is -0.720. The summed E-state index contributed by atoms with van der Waals surface area (Å²) in [5.74, 6) is 2.66. The Morgan fingerprint density at radius 3 is 2.33 bits per heavy atom. The van der Waals surface area contributed by atoms with E-state index in [9.17, 15) is 0 Å². The van der Waals surface area contributed by atoms with Crippen LogP contribution in [0.3, 0.4) is 0 Å². The van der Waals surface area contributed by atoms with Gasteiger partial charge in [0.15, 0.2) is 0 Å². The van der Waals surface area contributed by atoms with Crippen LogP contribution in [0.5, 0.6) is 0 Å². The summed E-state index contributed by atoms with van der Waals surface area (Å²) in [6, 6.07) is 0.571. The third-order valence-corrected chi connectivity index (χ3v) is 4.08. The third kappa shape index (κ3) is 1.62. The monoisotopic (exact) mass is 200 g/mol. The molecule has 4 rings (SSSR count). The van der Waals surface area contributed by atoms with Crippen LogP contribution in [0.2, 0.25) is 0 Å². The predicted octanol–water partition coefficient (Wildman–Crippen LogP) is 2.80. The average Bonchev–Trinajstić information content (AvgIpc) is 3.20. The van der Waals surface area contributed by atoms with Gasteiger partial charge < -0.3 is 5.32 Å². The summed E-state index contributed by atoms with van der Waals surface area (Å²) in [7, 11) is 0. The SMILES string of the molecule is [C]1=C(C2CC2)C=C(C2CC2)NC1C1CC1. The van der Waals surface area contributed by atoms with E-state index in [4.69, 9.17) is 0 Å². The summed E-state index contributed by atoms with van der Waals surface area (Å²) < 4.78 is 0. The Bertz CT molecular complexity index is 340. The molecule has 1 unspecified atom stereocenters. The Morgan fingerprint density at radius 1 is 1.00 bits per heavy atom. The fourth-order valence-electron chi connectivity index (χ4n) is 2.57. The second-order valence-electron chi connectivity index (χ2n) is 5.71. The molecule has 0 spiro atoms. The van der Waals surface area contributed by atoms with E-state index >= 15 is 0 Å². The molecule has 4 aliphatic rings. The van der Waals surface area contributed by atoms with Gasteiger partial charge >= 0.3 is 0 Å². The number of nitrogens with one attached hydrogen (secondary N) is 1. The molecule has 79 valence electrons. The molecule has 3 aliphatic carbocycles. The van der Waals surface area contributed by atoms with E-state index in [1.165, 1.54) is 38.5 Å². The third-order valence-electron chi connectivity index (χ3n) is 4.08. The molecule has 1 aliphatic heterocycles. The van der Waals surface area contributed by atoms with E-state index in [1.54, 1.807) is 11.3 Å². The first kappa shape index (κ1) is 8.43. The van der Waals surface area contributed by atoms with Crippen molar-refractivity contribution in [3.8, 4) is 0 Å². The molecule has 3 fully saturated rings. The van der Waals surface area contributed by atoms with Gasteiger partial charge in [-0.1, -0.05) is 0 Å². The van der Waals surface area contributed by atoms with Gasteiger partial charge in [-0.15, -0.1) is 0 Å². The van der Waals surface area contributed by atoms with Crippen molar-refractivity contribution in [2.45, 2.75) is 44.6 Å². The van der Waals surface area contributed by atoms with Crippen LogP contribution in [0, 0.1) is 23.8 Å². The molecule has 0 aromatic heterocycles. The van der Waals surface area contributed by atoms with Crippen LogP contribution in [-0.4, -0.2) is 6.04 Å².